The third-order valence-corrected chi connectivity index (χ3v) is 5.65. The largest absolute Gasteiger partial charge is 0.468 e. The van der Waals surface area contributed by atoms with Crippen molar-refractivity contribution in [1.29, 1.82) is 0 Å². The van der Waals surface area contributed by atoms with Crippen LogP contribution in [0.3, 0.4) is 0 Å². The molecule has 0 saturated heterocycles. The first-order valence-corrected chi connectivity index (χ1v) is 11.1. The van der Waals surface area contributed by atoms with E-state index >= 15 is 0 Å². The van der Waals surface area contributed by atoms with Gasteiger partial charge in [0, 0.05) is 43.3 Å². The van der Waals surface area contributed by atoms with Gasteiger partial charge in [0.1, 0.15) is 6.29 Å². The van der Waals surface area contributed by atoms with Gasteiger partial charge in [-0.15, -0.1) is 0 Å². The van der Waals surface area contributed by atoms with Crippen LogP contribution in [0.4, 0.5) is 13.2 Å². The Morgan fingerprint density at radius 1 is 1.29 bits per heavy atom. The highest BCUT2D eigenvalue weighted by molar-refractivity contribution is 5.79. The van der Waals surface area contributed by atoms with Crippen LogP contribution in [0.25, 0.3) is 0 Å². The number of hydrogen-bond acceptors (Lipinski definition) is 5. The van der Waals surface area contributed by atoms with E-state index in [2.05, 4.69) is 4.74 Å². The molecule has 0 bridgehead atoms. The lowest BCUT2D eigenvalue weighted by Gasteiger charge is -2.30. The Labute approximate surface area is 200 Å². The summed E-state index contributed by atoms with van der Waals surface area (Å²) in [5.74, 6) is -0.430. The topological polar surface area (TPSA) is 72.6 Å². The highest BCUT2D eigenvalue weighted by Crippen LogP contribution is 2.40. The van der Waals surface area contributed by atoms with E-state index in [1.165, 1.54) is 13.2 Å². The van der Waals surface area contributed by atoms with Gasteiger partial charge in [-0.1, -0.05) is 44.2 Å². The number of hydrogen-bond donors (Lipinski definition) is 1. The molecule has 0 fully saturated rings. The number of carbonyl (C=O) groups is 2. The third-order valence-electron chi connectivity index (χ3n) is 5.65. The first kappa shape index (κ1) is 29.2. The molecule has 5 nitrogen and oxygen atoms in total. The number of rotatable bonds is 7. The molecule has 188 valence electrons. The third kappa shape index (κ3) is 7.58. The van der Waals surface area contributed by atoms with Gasteiger partial charge in [0.05, 0.1) is 19.2 Å². The fourth-order valence-electron chi connectivity index (χ4n) is 4.17. The number of nitrogens with two attached hydrogens (primary N) is 1. The molecule has 0 aliphatic heterocycles. The molecule has 0 amide bonds. The maximum absolute atomic E-state index is 14.2. The summed E-state index contributed by atoms with van der Waals surface area (Å²) in [7, 11) is 4.79. The molecule has 1 aliphatic rings. The average Bonchev–Trinajstić information content (AvgIpc) is 2.77. The zero-order valence-electron chi connectivity index (χ0n) is 20.8. The summed E-state index contributed by atoms with van der Waals surface area (Å²) in [6.07, 6.45) is 0.372. The lowest BCUT2D eigenvalue weighted by atomic mass is 9.85. The number of aryl methyl sites for hydroxylation is 1. The minimum Gasteiger partial charge on any atom is -0.468 e. The summed E-state index contributed by atoms with van der Waals surface area (Å²) < 4.78 is 46.6. The van der Waals surface area contributed by atoms with E-state index in [-0.39, 0.29) is 36.0 Å². The van der Waals surface area contributed by atoms with Gasteiger partial charge < -0.3 is 15.4 Å². The van der Waals surface area contributed by atoms with E-state index < -0.39 is 11.7 Å². The standard InChI is InChI=1S/C23H28F3NO.C3H7NO2/c1-6-19-15(2)9-7-11-17(19)13-18(14-28)21(23(24,25)26)20-12-8-10-16(3)22(20)27(4)5;1-6-3(5)2-4/h7-9,11-12,14,16H,6,10,13H2,1-5H3;2,4H2,1H3/b21-18+;. The summed E-state index contributed by atoms with van der Waals surface area (Å²) in [6, 6.07) is 5.58. The number of halogens is 3. The van der Waals surface area contributed by atoms with Crippen molar-refractivity contribution in [3.8, 4) is 0 Å². The summed E-state index contributed by atoms with van der Waals surface area (Å²) in [4.78, 5) is 23.4. The number of esters is 1. The first-order valence-electron chi connectivity index (χ1n) is 11.1. The second-order valence-corrected chi connectivity index (χ2v) is 8.27. The molecule has 0 radical (unpaired) electrons. The molecule has 0 saturated carbocycles. The van der Waals surface area contributed by atoms with Gasteiger partial charge in [-0.3, -0.25) is 9.59 Å². The van der Waals surface area contributed by atoms with Crippen molar-refractivity contribution in [2.75, 3.05) is 27.7 Å². The van der Waals surface area contributed by atoms with Crippen LogP contribution in [0.5, 0.6) is 0 Å². The molecule has 1 aromatic rings. The number of benzene rings is 1. The minimum absolute atomic E-state index is 0.0312. The lowest BCUT2D eigenvalue weighted by Crippen LogP contribution is -2.26. The van der Waals surface area contributed by atoms with Crippen molar-refractivity contribution in [2.24, 2.45) is 11.7 Å². The quantitative estimate of drug-likeness (QED) is 0.348. The van der Waals surface area contributed by atoms with Crippen LogP contribution in [-0.2, 0) is 27.2 Å². The number of alkyl halides is 3. The van der Waals surface area contributed by atoms with Crippen molar-refractivity contribution >= 4 is 12.3 Å². The van der Waals surface area contributed by atoms with E-state index in [1.54, 1.807) is 25.1 Å². The fourth-order valence-corrected chi connectivity index (χ4v) is 4.17. The number of ether oxygens (including phenoxy) is 1. The van der Waals surface area contributed by atoms with E-state index in [0.29, 0.717) is 24.8 Å². The maximum Gasteiger partial charge on any atom is 0.417 e. The van der Waals surface area contributed by atoms with E-state index in [9.17, 15) is 22.8 Å². The lowest BCUT2D eigenvalue weighted by molar-refractivity contribution is -0.138. The van der Waals surface area contributed by atoms with Crippen LogP contribution in [-0.4, -0.2) is 51.1 Å². The van der Waals surface area contributed by atoms with Crippen LogP contribution in [0, 0.1) is 12.8 Å². The molecule has 1 unspecified atom stereocenters. The molecule has 0 spiro atoms. The smallest absolute Gasteiger partial charge is 0.417 e. The van der Waals surface area contributed by atoms with Crippen molar-refractivity contribution in [3.63, 3.8) is 0 Å². The Balaban J connectivity index is 0.000000852. The Bertz CT molecular complexity index is 955. The predicted octanol–water partition coefficient (Wildman–Crippen LogP) is 4.69. The molecule has 1 aromatic carbocycles. The van der Waals surface area contributed by atoms with Crippen molar-refractivity contribution < 1.29 is 27.5 Å². The van der Waals surface area contributed by atoms with Gasteiger partial charge >= 0.3 is 12.1 Å². The molecule has 2 N–H and O–H groups in total. The van der Waals surface area contributed by atoms with Gasteiger partial charge in [-0.25, -0.2) is 0 Å². The predicted molar refractivity (Wildman–Crippen MR) is 128 cm³/mol. The van der Waals surface area contributed by atoms with E-state index in [4.69, 9.17) is 5.73 Å². The molecule has 1 aliphatic carbocycles. The van der Waals surface area contributed by atoms with Crippen molar-refractivity contribution in [3.05, 3.63) is 69.5 Å². The second kappa shape index (κ2) is 13.1. The summed E-state index contributed by atoms with van der Waals surface area (Å²) >= 11 is 0. The van der Waals surface area contributed by atoms with Crippen LogP contribution < -0.4 is 5.73 Å². The van der Waals surface area contributed by atoms with Crippen molar-refractivity contribution in [1.82, 2.24) is 4.90 Å². The summed E-state index contributed by atoms with van der Waals surface area (Å²) in [5, 5.41) is 0. The Morgan fingerprint density at radius 2 is 1.94 bits per heavy atom. The molecule has 8 heteroatoms. The number of aldehydes is 1. The number of carbonyl (C=O) groups excluding carboxylic acids is 2. The minimum atomic E-state index is -4.62. The molecular weight excluding hydrogens is 445 g/mol. The van der Waals surface area contributed by atoms with Crippen LogP contribution in [0.15, 0.2) is 52.8 Å². The monoisotopic (exact) mass is 480 g/mol. The first-order chi connectivity index (χ1) is 15.9. The molecule has 0 heterocycles. The average molecular weight is 481 g/mol. The van der Waals surface area contributed by atoms with Crippen LogP contribution >= 0.6 is 0 Å². The Hall–Kier alpha value is -2.87. The molecular formula is C26H35F3N2O3. The number of methoxy groups -OCH3 is 1. The SMILES string of the molecule is CCc1c(C)cccc1C/C(C=O)=C(/C1=C(N(C)C)C(C)CC=C1)C(F)(F)F.COC(=O)CN. The van der Waals surface area contributed by atoms with Gasteiger partial charge in [-0.2, -0.15) is 13.2 Å². The van der Waals surface area contributed by atoms with Crippen LogP contribution in [0.2, 0.25) is 0 Å². The Kier molecular flexibility index (Phi) is 11.3. The second-order valence-electron chi connectivity index (χ2n) is 8.27. The van der Waals surface area contributed by atoms with Gasteiger partial charge in [-0.05, 0) is 36.5 Å². The van der Waals surface area contributed by atoms with E-state index in [0.717, 1.165) is 16.7 Å². The summed E-state index contributed by atoms with van der Waals surface area (Å²) in [6.45, 7) is 5.79. The zero-order chi connectivity index (χ0) is 26.1. The number of allylic oxidation sites excluding steroid dienone is 6. The molecule has 0 aromatic heterocycles. The fraction of sp³-hybridized carbons (Fsp3) is 0.462. The highest BCUT2D eigenvalue weighted by Gasteiger charge is 2.40. The normalized spacial score (nSPS) is 16.4. The Morgan fingerprint density at radius 3 is 2.38 bits per heavy atom. The zero-order valence-corrected chi connectivity index (χ0v) is 20.8. The van der Waals surface area contributed by atoms with E-state index in [1.807, 2.05) is 39.0 Å². The highest BCUT2D eigenvalue weighted by atomic mass is 19.4. The van der Waals surface area contributed by atoms with Crippen molar-refractivity contribution in [2.45, 2.75) is 46.2 Å². The molecule has 34 heavy (non-hydrogen) atoms. The van der Waals surface area contributed by atoms with Gasteiger partial charge in [0.2, 0.25) is 0 Å². The van der Waals surface area contributed by atoms with Gasteiger partial charge in [0.15, 0.2) is 0 Å². The number of nitrogens with zero attached hydrogens (tertiary/aromatic N) is 1. The summed E-state index contributed by atoms with van der Waals surface area (Å²) in [5.41, 5.74) is 7.27. The van der Waals surface area contributed by atoms with Gasteiger partial charge in [0.25, 0.3) is 0 Å². The molecule has 2 rings (SSSR count). The molecule has 1 atom stereocenters. The van der Waals surface area contributed by atoms with Crippen LogP contribution in [0.1, 0.15) is 37.0 Å². The maximum atomic E-state index is 14.2.